The van der Waals surface area contributed by atoms with E-state index in [9.17, 15) is 0 Å². The summed E-state index contributed by atoms with van der Waals surface area (Å²) in [5.74, 6) is 1.23. The highest BCUT2D eigenvalue weighted by Crippen LogP contribution is 2.35. The number of hydrogen-bond acceptors (Lipinski definition) is 4. The van der Waals surface area contributed by atoms with Crippen LogP contribution in [0.25, 0.3) is 10.9 Å². The molecule has 0 aliphatic rings. The number of nitrogen functional groups attached to an aromatic ring is 1. The molecule has 5 heteroatoms. The van der Waals surface area contributed by atoms with E-state index in [0.717, 1.165) is 5.39 Å². The first-order valence-electron chi connectivity index (χ1n) is 6.20. The summed E-state index contributed by atoms with van der Waals surface area (Å²) in [6.07, 6.45) is 1.70. The van der Waals surface area contributed by atoms with Gasteiger partial charge in [-0.2, -0.15) is 5.26 Å². The fourth-order valence-corrected chi connectivity index (χ4v) is 2.48. The zero-order chi connectivity index (χ0) is 14.8. The summed E-state index contributed by atoms with van der Waals surface area (Å²) in [4.78, 5) is 4.33. The Morgan fingerprint density at radius 3 is 2.71 bits per heavy atom. The molecule has 0 spiro atoms. The molecule has 0 atom stereocenters. The van der Waals surface area contributed by atoms with Crippen molar-refractivity contribution < 1.29 is 4.74 Å². The molecule has 102 valence electrons. The standard InChI is InChI=1S/C16H10BrN3O/c17-12-8-10(9-18)3-5-14(12)21-15-6-4-13(19)11-2-1-7-20-16(11)15/h1-8H,19H2. The number of nitrogens with two attached hydrogens (primary N) is 1. The molecule has 21 heavy (non-hydrogen) atoms. The van der Waals surface area contributed by atoms with E-state index in [4.69, 9.17) is 15.7 Å². The van der Waals surface area contributed by atoms with Crippen LogP contribution in [0.2, 0.25) is 0 Å². The maximum atomic E-state index is 8.88. The summed E-state index contributed by atoms with van der Waals surface area (Å²) in [6.45, 7) is 0. The van der Waals surface area contributed by atoms with E-state index in [1.807, 2.05) is 12.1 Å². The largest absolute Gasteiger partial charge is 0.454 e. The van der Waals surface area contributed by atoms with E-state index in [2.05, 4.69) is 27.0 Å². The van der Waals surface area contributed by atoms with Crippen LogP contribution in [0.15, 0.2) is 53.1 Å². The van der Waals surface area contributed by atoms with Crippen molar-refractivity contribution in [2.24, 2.45) is 0 Å². The molecule has 0 fully saturated rings. The lowest BCUT2D eigenvalue weighted by Crippen LogP contribution is -1.93. The van der Waals surface area contributed by atoms with E-state index in [1.165, 1.54) is 0 Å². The SMILES string of the molecule is N#Cc1ccc(Oc2ccc(N)c3cccnc23)c(Br)c1. The van der Waals surface area contributed by atoms with E-state index >= 15 is 0 Å². The second kappa shape index (κ2) is 5.43. The van der Waals surface area contributed by atoms with Crippen molar-refractivity contribution in [1.29, 1.82) is 5.26 Å². The molecule has 1 aromatic heterocycles. The van der Waals surface area contributed by atoms with Gasteiger partial charge in [0.15, 0.2) is 5.75 Å². The van der Waals surface area contributed by atoms with Crippen molar-refractivity contribution in [1.82, 2.24) is 4.98 Å². The highest BCUT2D eigenvalue weighted by atomic mass is 79.9. The van der Waals surface area contributed by atoms with Crippen LogP contribution < -0.4 is 10.5 Å². The number of nitrogens with zero attached hydrogens (tertiary/aromatic N) is 2. The van der Waals surface area contributed by atoms with Gasteiger partial charge in [0.05, 0.1) is 16.1 Å². The number of pyridine rings is 1. The maximum absolute atomic E-state index is 8.88. The number of ether oxygens (including phenoxy) is 1. The quantitative estimate of drug-likeness (QED) is 0.708. The van der Waals surface area contributed by atoms with Crippen molar-refractivity contribution in [3.05, 3.63) is 58.7 Å². The summed E-state index contributed by atoms with van der Waals surface area (Å²) in [5, 5.41) is 9.73. The summed E-state index contributed by atoms with van der Waals surface area (Å²) in [6, 6.07) is 14.5. The normalized spacial score (nSPS) is 10.3. The number of fused-ring (bicyclic) bond motifs is 1. The molecule has 0 saturated heterocycles. The summed E-state index contributed by atoms with van der Waals surface area (Å²) < 4.78 is 6.61. The van der Waals surface area contributed by atoms with Gasteiger partial charge in [0.1, 0.15) is 11.3 Å². The second-order valence-electron chi connectivity index (χ2n) is 4.41. The topological polar surface area (TPSA) is 71.9 Å². The fourth-order valence-electron chi connectivity index (χ4n) is 2.02. The van der Waals surface area contributed by atoms with Gasteiger partial charge in [0.2, 0.25) is 0 Å². The number of rotatable bonds is 2. The van der Waals surface area contributed by atoms with Gasteiger partial charge in [-0.25, -0.2) is 0 Å². The molecule has 3 aromatic rings. The smallest absolute Gasteiger partial charge is 0.153 e. The van der Waals surface area contributed by atoms with Gasteiger partial charge in [-0.3, -0.25) is 4.98 Å². The molecule has 0 amide bonds. The minimum absolute atomic E-state index is 0.564. The van der Waals surface area contributed by atoms with Gasteiger partial charge >= 0.3 is 0 Å². The summed E-state index contributed by atoms with van der Waals surface area (Å²) in [7, 11) is 0. The second-order valence-corrected chi connectivity index (χ2v) is 5.27. The first-order valence-corrected chi connectivity index (χ1v) is 6.99. The number of nitriles is 1. The Kier molecular flexibility index (Phi) is 3.46. The molecule has 0 unspecified atom stereocenters. The molecular weight excluding hydrogens is 330 g/mol. The van der Waals surface area contributed by atoms with Crippen molar-refractivity contribution >= 4 is 32.5 Å². The van der Waals surface area contributed by atoms with Gasteiger partial charge in [-0.15, -0.1) is 0 Å². The Bertz CT molecular complexity index is 871. The van der Waals surface area contributed by atoms with Gasteiger partial charge in [0.25, 0.3) is 0 Å². The molecule has 0 aliphatic carbocycles. The molecule has 4 nitrogen and oxygen atoms in total. The molecule has 2 aromatic carbocycles. The van der Waals surface area contributed by atoms with Crippen LogP contribution in [0.5, 0.6) is 11.5 Å². The third-order valence-electron chi connectivity index (χ3n) is 3.05. The fraction of sp³-hybridized carbons (Fsp3) is 0. The number of halogens is 1. The molecule has 0 bridgehead atoms. The first kappa shape index (κ1) is 13.4. The van der Waals surface area contributed by atoms with Crippen LogP contribution in [0.1, 0.15) is 5.56 Å². The van der Waals surface area contributed by atoms with Crippen molar-refractivity contribution in [2.75, 3.05) is 5.73 Å². The molecule has 2 N–H and O–H groups in total. The number of anilines is 1. The van der Waals surface area contributed by atoms with Crippen LogP contribution in [-0.4, -0.2) is 4.98 Å². The van der Waals surface area contributed by atoms with Crippen LogP contribution in [0.3, 0.4) is 0 Å². The van der Waals surface area contributed by atoms with Gasteiger partial charge < -0.3 is 10.5 Å². The molecule has 3 rings (SSSR count). The zero-order valence-corrected chi connectivity index (χ0v) is 12.5. The minimum atomic E-state index is 0.564. The average Bonchev–Trinajstić information content (AvgIpc) is 2.52. The predicted octanol–water partition coefficient (Wildman–Crippen LogP) is 4.24. The Labute approximate surface area is 129 Å². The monoisotopic (exact) mass is 339 g/mol. The molecule has 0 saturated carbocycles. The van der Waals surface area contributed by atoms with Crippen LogP contribution in [-0.2, 0) is 0 Å². The van der Waals surface area contributed by atoms with Gasteiger partial charge in [0, 0.05) is 17.3 Å². The lowest BCUT2D eigenvalue weighted by molar-refractivity contribution is 0.484. The predicted molar refractivity (Wildman–Crippen MR) is 85.1 cm³/mol. The Morgan fingerprint density at radius 2 is 1.95 bits per heavy atom. The molecular formula is C16H10BrN3O. The number of aromatic nitrogens is 1. The van der Waals surface area contributed by atoms with Crippen LogP contribution in [0.4, 0.5) is 5.69 Å². The Balaban J connectivity index is 2.07. The number of benzene rings is 2. The zero-order valence-electron chi connectivity index (χ0n) is 10.9. The number of hydrogen-bond donors (Lipinski definition) is 1. The average molecular weight is 340 g/mol. The highest BCUT2D eigenvalue weighted by Gasteiger charge is 2.09. The van der Waals surface area contributed by atoms with Crippen LogP contribution in [0, 0.1) is 11.3 Å². The van der Waals surface area contributed by atoms with E-state index < -0.39 is 0 Å². The highest BCUT2D eigenvalue weighted by molar-refractivity contribution is 9.10. The molecule has 0 aliphatic heterocycles. The minimum Gasteiger partial charge on any atom is -0.454 e. The lowest BCUT2D eigenvalue weighted by Gasteiger charge is -2.11. The van der Waals surface area contributed by atoms with Crippen molar-refractivity contribution in [3.8, 4) is 17.6 Å². The van der Waals surface area contributed by atoms with E-state index in [-0.39, 0.29) is 0 Å². The third kappa shape index (κ3) is 2.54. The lowest BCUT2D eigenvalue weighted by atomic mass is 10.1. The maximum Gasteiger partial charge on any atom is 0.153 e. The first-order chi connectivity index (χ1) is 10.2. The van der Waals surface area contributed by atoms with Gasteiger partial charge in [-0.1, -0.05) is 0 Å². The van der Waals surface area contributed by atoms with E-state index in [0.29, 0.717) is 32.7 Å². The molecule has 0 radical (unpaired) electrons. The van der Waals surface area contributed by atoms with Crippen LogP contribution >= 0.6 is 15.9 Å². The van der Waals surface area contributed by atoms with Gasteiger partial charge in [-0.05, 0) is 58.4 Å². The van der Waals surface area contributed by atoms with E-state index in [1.54, 1.807) is 36.5 Å². The Hall–Kier alpha value is -2.58. The summed E-state index contributed by atoms with van der Waals surface area (Å²) in [5.41, 5.74) is 7.87. The van der Waals surface area contributed by atoms with Crippen molar-refractivity contribution in [3.63, 3.8) is 0 Å². The van der Waals surface area contributed by atoms with Crippen molar-refractivity contribution in [2.45, 2.75) is 0 Å². The molecule has 1 heterocycles. The Morgan fingerprint density at radius 1 is 1.14 bits per heavy atom. The third-order valence-corrected chi connectivity index (χ3v) is 3.67. The summed E-state index contributed by atoms with van der Waals surface area (Å²) >= 11 is 3.40.